The zero-order valence-electron chi connectivity index (χ0n) is 18.5. The van der Waals surface area contributed by atoms with Crippen LogP contribution < -0.4 is 5.32 Å². The van der Waals surface area contributed by atoms with Gasteiger partial charge in [-0.15, -0.1) is 10.2 Å². The number of carbonyl (C=O) groups excluding carboxylic acids is 3. The third kappa shape index (κ3) is 6.19. The summed E-state index contributed by atoms with van der Waals surface area (Å²) >= 11 is 1.25. The van der Waals surface area contributed by atoms with Crippen LogP contribution in [0, 0.1) is 0 Å². The number of esters is 2. The lowest BCUT2D eigenvalue weighted by Gasteiger charge is -2.10. The Balaban J connectivity index is 1.69. The molecule has 0 radical (unpaired) electrons. The fourth-order valence-corrected chi connectivity index (χ4v) is 3.97. The van der Waals surface area contributed by atoms with Gasteiger partial charge >= 0.3 is 11.9 Å². The smallest absolute Gasteiger partial charge is 0.337 e. The molecule has 0 unspecified atom stereocenters. The standard InChI is InChI=1S/C23H24N4O5S/c1-4-27-19(10-15-8-6-5-7-9-15)25-26-23(27)33-14-20(28)24-18-12-16(21(29)31-2)11-17(13-18)22(30)32-3/h5-9,11-13H,4,10,14H2,1-3H3,(H,24,28). The van der Waals surface area contributed by atoms with Gasteiger partial charge in [-0.25, -0.2) is 9.59 Å². The Morgan fingerprint density at radius 2 is 1.61 bits per heavy atom. The van der Waals surface area contributed by atoms with Crippen molar-refractivity contribution in [1.82, 2.24) is 14.8 Å². The van der Waals surface area contributed by atoms with Gasteiger partial charge in [-0.2, -0.15) is 0 Å². The van der Waals surface area contributed by atoms with Crippen molar-refractivity contribution in [3.63, 3.8) is 0 Å². The number of aromatic nitrogens is 3. The second kappa shape index (κ2) is 11.3. The van der Waals surface area contributed by atoms with Gasteiger partial charge in [-0.3, -0.25) is 4.79 Å². The van der Waals surface area contributed by atoms with Crippen molar-refractivity contribution in [2.45, 2.75) is 25.0 Å². The molecule has 0 aliphatic carbocycles. The molecule has 33 heavy (non-hydrogen) atoms. The van der Waals surface area contributed by atoms with Crippen LogP contribution in [0.5, 0.6) is 0 Å². The minimum atomic E-state index is -0.632. The summed E-state index contributed by atoms with van der Waals surface area (Å²) in [5.74, 6) is -0.701. The highest BCUT2D eigenvalue weighted by molar-refractivity contribution is 7.99. The van der Waals surface area contributed by atoms with E-state index in [2.05, 4.69) is 15.5 Å². The van der Waals surface area contributed by atoms with E-state index in [1.165, 1.54) is 44.2 Å². The highest BCUT2D eigenvalue weighted by Gasteiger charge is 2.17. The lowest BCUT2D eigenvalue weighted by molar-refractivity contribution is -0.113. The van der Waals surface area contributed by atoms with E-state index in [9.17, 15) is 14.4 Å². The molecule has 0 aliphatic rings. The molecule has 0 aliphatic heterocycles. The number of rotatable bonds is 9. The maximum absolute atomic E-state index is 12.6. The Labute approximate surface area is 195 Å². The first kappa shape index (κ1) is 24.0. The zero-order valence-corrected chi connectivity index (χ0v) is 19.3. The van der Waals surface area contributed by atoms with E-state index in [-0.39, 0.29) is 28.5 Å². The van der Waals surface area contributed by atoms with Crippen LogP contribution in [-0.2, 0) is 27.2 Å². The second-order valence-corrected chi connectivity index (χ2v) is 7.87. The van der Waals surface area contributed by atoms with Crippen molar-refractivity contribution in [1.29, 1.82) is 0 Å². The van der Waals surface area contributed by atoms with Crippen molar-refractivity contribution in [2.24, 2.45) is 0 Å². The summed E-state index contributed by atoms with van der Waals surface area (Å²) in [5, 5.41) is 11.9. The SMILES string of the molecule is CCn1c(Cc2ccccc2)nnc1SCC(=O)Nc1cc(C(=O)OC)cc(C(=O)OC)c1. The predicted octanol–water partition coefficient (Wildman–Crippen LogP) is 3.19. The first-order valence-corrected chi connectivity index (χ1v) is 11.1. The molecule has 0 bridgehead atoms. The lowest BCUT2D eigenvalue weighted by Crippen LogP contribution is -2.16. The van der Waals surface area contributed by atoms with Crippen molar-refractivity contribution in [2.75, 3.05) is 25.3 Å². The van der Waals surface area contributed by atoms with Crippen LogP contribution in [0.4, 0.5) is 5.69 Å². The summed E-state index contributed by atoms with van der Waals surface area (Å²) in [6.45, 7) is 2.66. The molecule has 0 saturated carbocycles. The maximum Gasteiger partial charge on any atom is 0.337 e. The molecule has 0 saturated heterocycles. The molecular weight excluding hydrogens is 444 g/mol. The first-order valence-electron chi connectivity index (χ1n) is 10.2. The Hall–Kier alpha value is -3.66. The number of anilines is 1. The van der Waals surface area contributed by atoms with Gasteiger partial charge in [0.15, 0.2) is 5.16 Å². The van der Waals surface area contributed by atoms with Gasteiger partial charge in [0.1, 0.15) is 5.82 Å². The molecule has 10 heteroatoms. The van der Waals surface area contributed by atoms with Crippen LogP contribution in [0.15, 0.2) is 53.7 Å². The van der Waals surface area contributed by atoms with E-state index in [4.69, 9.17) is 9.47 Å². The van der Waals surface area contributed by atoms with Crippen molar-refractivity contribution < 1.29 is 23.9 Å². The maximum atomic E-state index is 12.6. The largest absolute Gasteiger partial charge is 0.465 e. The zero-order chi connectivity index (χ0) is 23.8. The number of benzene rings is 2. The number of nitrogens with zero attached hydrogens (tertiary/aromatic N) is 3. The van der Waals surface area contributed by atoms with E-state index in [1.54, 1.807) is 0 Å². The van der Waals surface area contributed by atoms with Crippen molar-refractivity contribution >= 4 is 35.3 Å². The number of carbonyl (C=O) groups is 3. The van der Waals surface area contributed by atoms with Crippen LogP contribution in [-0.4, -0.2) is 52.6 Å². The summed E-state index contributed by atoms with van der Waals surface area (Å²) in [6, 6.07) is 14.2. The third-order valence-corrected chi connectivity index (χ3v) is 5.67. The van der Waals surface area contributed by atoms with Crippen LogP contribution in [0.3, 0.4) is 0 Å². The molecule has 2 aromatic carbocycles. The minimum absolute atomic E-state index is 0.0689. The van der Waals surface area contributed by atoms with Gasteiger partial charge in [0.2, 0.25) is 5.91 Å². The highest BCUT2D eigenvalue weighted by Crippen LogP contribution is 2.21. The molecule has 0 fully saturated rings. The number of amides is 1. The molecule has 3 rings (SSSR count). The molecule has 172 valence electrons. The summed E-state index contributed by atoms with van der Waals surface area (Å²) in [6.07, 6.45) is 0.644. The predicted molar refractivity (Wildman–Crippen MR) is 123 cm³/mol. The van der Waals surface area contributed by atoms with E-state index < -0.39 is 11.9 Å². The van der Waals surface area contributed by atoms with E-state index in [1.807, 2.05) is 41.8 Å². The van der Waals surface area contributed by atoms with Gasteiger partial charge in [0.05, 0.1) is 31.1 Å². The summed E-state index contributed by atoms with van der Waals surface area (Å²) < 4.78 is 11.4. The molecule has 0 spiro atoms. The molecule has 1 aromatic heterocycles. The highest BCUT2D eigenvalue weighted by atomic mass is 32.2. The number of ether oxygens (including phenoxy) is 2. The van der Waals surface area contributed by atoms with E-state index >= 15 is 0 Å². The Kier molecular flexibility index (Phi) is 8.20. The van der Waals surface area contributed by atoms with Gasteiger partial charge in [0.25, 0.3) is 0 Å². The number of methoxy groups -OCH3 is 2. The van der Waals surface area contributed by atoms with Crippen LogP contribution in [0.25, 0.3) is 0 Å². The fourth-order valence-electron chi connectivity index (χ4n) is 3.15. The molecule has 1 heterocycles. The molecule has 9 nitrogen and oxygen atoms in total. The average molecular weight is 469 g/mol. The lowest BCUT2D eigenvalue weighted by atomic mass is 10.1. The third-order valence-electron chi connectivity index (χ3n) is 4.71. The van der Waals surface area contributed by atoms with Gasteiger partial charge in [0, 0.05) is 18.7 Å². The molecule has 3 aromatic rings. The summed E-state index contributed by atoms with van der Waals surface area (Å²) in [4.78, 5) is 36.4. The number of nitrogens with one attached hydrogen (secondary N) is 1. The van der Waals surface area contributed by atoms with Crippen LogP contribution in [0.2, 0.25) is 0 Å². The van der Waals surface area contributed by atoms with Gasteiger partial charge in [-0.1, -0.05) is 42.1 Å². The molecular formula is C23H24N4O5S. The molecule has 1 N–H and O–H groups in total. The monoisotopic (exact) mass is 468 g/mol. The quantitative estimate of drug-likeness (QED) is 0.376. The summed E-state index contributed by atoms with van der Waals surface area (Å²) in [5.41, 5.74) is 1.66. The number of hydrogen-bond acceptors (Lipinski definition) is 8. The second-order valence-electron chi connectivity index (χ2n) is 6.92. The normalized spacial score (nSPS) is 10.5. The number of thioether (sulfide) groups is 1. The molecule has 0 atom stereocenters. The summed E-state index contributed by atoms with van der Waals surface area (Å²) in [7, 11) is 2.47. The number of hydrogen-bond donors (Lipinski definition) is 1. The first-order chi connectivity index (χ1) is 15.9. The Bertz CT molecular complexity index is 1110. The van der Waals surface area contributed by atoms with Crippen LogP contribution in [0.1, 0.15) is 39.0 Å². The fraction of sp³-hybridized carbons (Fsp3) is 0.261. The average Bonchev–Trinajstić information content (AvgIpc) is 3.23. The Morgan fingerprint density at radius 3 is 2.18 bits per heavy atom. The van der Waals surface area contributed by atoms with Crippen molar-refractivity contribution in [3.05, 3.63) is 71.0 Å². The topological polar surface area (TPSA) is 112 Å². The Morgan fingerprint density at radius 1 is 0.970 bits per heavy atom. The van der Waals surface area contributed by atoms with E-state index in [0.717, 1.165) is 11.4 Å². The van der Waals surface area contributed by atoms with Gasteiger partial charge in [-0.05, 0) is 30.7 Å². The van der Waals surface area contributed by atoms with Crippen molar-refractivity contribution in [3.8, 4) is 0 Å². The van der Waals surface area contributed by atoms with E-state index in [0.29, 0.717) is 18.1 Å². The molecule has 1 amide bonds. The van der Waals surface area contributed by atoms with Crippen LogP contribution >= 0.6 is 11.8 Å². The minimum Gasteiger partial charge on any atom is -0.465 e. The van der Waals surface area contributed by atoms with Gasteiger partial charge < -0.3 is 19.4 Å².